The number of unbranched alkanes of at least 4 members (excludes halogenated alkanes) is 8. The number of carboxylic acid groups (broad SMARTS) is 1. The van der Waals surface area contributed by atoms with Gasteiger partial charge in [-0.15, -0.1) is 0 Å². The molecule has 0 rings (SSSR count). The molecule has 0 heterocycles. The van der Waals surface area contributed by atoms with Crippen LogP contribution in [0.4, 0.5) is 0 Å². The highest BCUT2D eigenvalue weighted by Gasteiger charge is 1.89. The third kappa shape index (κ3) is 18.7. The molecule has 0 saturated heterocycles. The van der Waals surface area contributed by atoms with E-state index in [0.29, 0.717) is 0 Å². The van der Waals surface area contributed by atoms with Crippen molar-refractivity contribution in [3.05, 3.63) is 36.5 Å². The zero-order valence-electron chi connectivity index (χ0n) is 14.3. The second kappa shape index (κ2) is 17.7. The predicted octanol–water partition coefficient (Wildman–Crippen LogP) is 6.44. The van der Waals surface area contributed by atoms with Gasteiger partial charge in [-0.3, -0.25) is 4.79 Å². The lowest BCUT2D eigenvalue weighted by atomic mass is 10.1. The molecule has 0 unspecified atom stereocenters. The molecule has 0 aliphatic heterocycles. The van der Waals surface area contributed by atoms with Crippen molar-refractivity contribution in [3.8, 4) is 0 Å². The van der Waals surface area contributed by atoms with E-state index in [-0.39, 0.29) is 6.42 Å². The van der Waals surface area contributed by atoms with Gasteiger partial charge in [0.15, 0.2) is 0 Å². The van der Waals surface area contributed by atoms with Gasteiger partial charge < -0.3 is 5.11 Å². The van der Waals surface area contributed by atoms with Crippen molar-refractivity contribution in [2.45, 2.75) is 84.0 Å². The first kappa shape index (κ1) is 20.7. The van der Waals surface area contributed by atoms with Crippen molar-refractivity contribution >= 4 is 5.97 Å². The Kier molecular flexibility index (Phi) is 16.7. The largest absolute Gasteiger partial charge is 0.481 e. The number of aliphatic carboxylic acids is 1. The van der Waals surface area contributed by atoms with Gasteiger partial charge in [0, 0.05) is 0 Å². The molecule has 0 aliphatic rings. The molecule has 0 radical (unpaired) electrons. The zero-order valence-corrected chi connectivity index (χ0v) is 14.3. The molecular formula is C20H34O2. The predicted molar refractivity (Wildman–Crippen MR) is 96.1 cm³/mol. The van der Waals surface area contributed by atoms with Crippen molar-refractivity contribution < 1.29 is 9.90 Å². The maximum absolute atomic E-state index is 10.3. The number of rotatable bonds is 15. The number of allylic oxidation sites excluding steroid dienone is 5. The summed E-state index contributed by atoms with van der Waals surface area (Å²) in [6.45, 7) is 2.23. The van der Waals surface area contributed by atoms with E-state index in [1.807, 2.05) is 6.08 Å². The third-order valence-corrected chi connectivity index (χ3v) is 3.50. The lowest BCUT2D eigenvalue weighted by Crippen LogP contribution is -1.89. The van der Waals surface area contributed by atoms with Crippen LogP contribution in [0.5, 0.6) is 0 Å². The summed E-state index contributed by atoms with van der Waals surface area (Å²) in [7, 11) is 0. The van der Waals surface area contributed by atoms with Crippen LogP contribution in [-0.4, -0.2) is 11.1 Å². The minimum Gasteiger partial charge on any atom is -0.481 e. The van der Waals surface area contributed by atoms with Crippen LogP contribution in [0.3, 0.4) is 0 Å². The molecule has 0 saturated carbocycles. The van der Waals surface area contributed by atoms with E-state index in [9.17, 15) is 4.79 Å². The molecule has 0 atom stereocenters. The maximum Gasteiger partial charge on any atom is 0.307 e. The third-order valence-electron chi connectivity index (χ3n) is 3.50. The molecule has 1 N–H and O–H groups in total. The summed E-state index contributed by atoms with van der Waals surface area (Å²) in [5, 5.41) is 8.47. The molecule has 0 aromatic carbocycles. The molecule has 0 fully saturated rings. The van der Waals surface area contributed by atoms with Gasteiger partial charge in [0.2, 0.25) is 0 Å². The van der Waals surface area contributed by atoms with E-state index in [0.717, 1.165) is 19.3 Å². The monoisotopic (exact) mass is 306 g/mol. The highest BCUT2D eigenvalue weighted by Crippen LogP contribution is 2.06. The van der Waals surface area contributed by atoms with Crippen LogP contribution in [-0.2, 0) is 4.79 Å². The average molecular weight is 306 g/mol. The molecule has 0 aromatic heterocycles. The van der Waals surface area contributed by atoms with E-state index in [2.05, 4.69) is 31.2 Å². The molecule has 0 spiro atoms. The number of carbonyl (C=O) groups is 1. The minimum absolute atomic E-state index is 0.147. The summed E-state index contributed by atoms with van der Waals surface area (Å²) in [6.07, 6.45) is 26.4. The molecular weight excluding hydrogens is 272 g/mol. The molecule has 0 aliphatic carbocycles. The Balaban J connectivity index is 3.22. The van der Waals surface area contributed by atoms with Crippen LogP contribution in [0.25, 0.3) is 0 Å². The Hall–Kier alpha value is -1.31. The fraction of sp³-hybridized carbons (Fsp3) is 0.650. The topological polar surface area (TPSA) is 37.3 Å². The van der Waals surface area contributed by atoms with Gasteiger partial charge in [0.05, 0.1) is 6.42 Å². The second-order valence-corrected chi connectivity index (χ2v) is 5.72. The number of hydrogen-bond donors (Lipinski definition) is 1. The van der Waals surface area contributed by atoms with Crippen LogP contribution in [0, 0.1) is 0 Å². The first-order chi connectivity index (χ1) is 10.8. The summed E-state index contributed by atoms with van der Waals surface area (Å²) in [4.78, 5) is 10.3. The maximum atomic E-state index is 10.3. The Bertz CT molecular complexity index is 327. The molecule has 2 heteroatoms. The molecule has 126 valence electrons. The van der Waals surface area contributed by atoms with Crippen molar-refractivity contribution in [2.24, 2.45) is 0 Å². The van der Waals surface area contributed by atoms with Crippen molar-refractivity contribution in [1.82, 2.24) is 0 Å². The highest BCUT2D eigenvalue weighted by atomic mass is 16.4. The van der Waals surface area contributed by atoms with E-state index in [1.165, 1.54) is 51.4 Å². The molecule has 0 amide bonds. The van der Waals surface area contributed by atoms with Crippen LogP contribution in [0.2, 0.25) is 0 Å². The van der Waals surface area contributed by atoms with Crippen molar-refractivity contribution in [1.29, 1.82) is 0 Å². The Morgan fingerprint density at radius 3 is 1.41 bits per heavy atom. The average Bonchev–Trinajstić information content (AvgIpc) is 2.50. The minimum atomic E-state index is -0.754. The van der Waals surface area contributed by atoms with Crippen LogP contribution >= 0.6 is 0 Å². The normalized spacial score (nSPS) is 12.0. The van der Waals surface area contributed by atoms with Crippen LogP contribution in [0.1, 0.15) is 84.0 Å². The molecule has 0 aromatic rings. The fourth-order valence-electron chi connectivity index (χ4n) is 2.14. The Morgan fingerprint density at radius 2 is 1.05 bits per heavy atom. The number of hydrogen-bond acceptors (Lipinski definition) is 1. The van der Waals surface area contributed by atoms with E-state index in [4.69, 9.17) is 5.11 Å². The lowest BCUT2D eigenvalue weighted by Gasteiger charge is -1.95. The molecule has 0 bridgehead atoms. The fourth-order valence-corrected chi connectivity index (χ4v) is 2.14. The molecule has 22 heavy (non-hydrogen) atoms. The van der Waals surface area contributed by atoms with Gasteiger partial charge in [-0.1, -0.05) is 56.2 Å². The lowest BCUT2D eigenvalue weighted by molar-refractivity contribution is -0.136. The zero-order chi connectivity index (χ0) is 16.3. The highest BCUT2D eigenvalue weighted by molar-refractivity contribution is 5.68. The molecule has 2 nitrogen and oxygen atoms in total. The SMILES string of the molecule is CCCCC=CCCCCC=CCCCCC=CCC(=O)O. The smallest absolute Gasteiger partial charge is 0.307 e. The first-order valence-corrected chi connectivity index (χ1v) is 8.94. The number of carboxylic acids is 1. The second-order valence-electron chi connectivity index (χ2n) is 5.72. The van der Waals surface area contributed by atoms with Gasteiger partial charge in [-0.05, 0) is 57.8 Å². The standard InChI is InChI=1S/C20H34O2/c1-2-3-4-5-6-7-8-9-10-11-12-13-14-15-16-17-18-19-20(21)22/h5-6,11-12,17-18H,2-4,7-10,13-16,19H2,1H3,(H,21,22). The Morgan fingerprint density at radius 1 is 0.682 bits per heavy atom. The summed E-state index contributed by atoms with van der Waals surface area (Å²) in [5.41, 5.74) is 0. The summed E-state index contributed by atoms with van der Waals surface area (Å²) >= 11 is 0. The van der Waals surface area contributed by atoms with Gasteiger partial charge in [0.25, 0.3) is 0 Å². The van der Waals surface area contributed by atoms with Gasteiger partial charge >= 0.3 is 5.97 Å². The summed E-state index contributed by atoms with van der Waals surface area (Å²) in [6, 6.07) is 0. The summed E-state index contributed by atoms with van der Waals surface area (Å²) in [5.74, 6) is -0.754. The van der Waals surface area contributed by atoms with Crippen LogP contribution < -0.4 is 0 Å². The quantitative estimate of drug-likeness (QED) is 0.279. The van der Waals surface area contributed by atoms with Gasteiger partial charge in [-0.25, -0.2) is 0 Å². The van der Waals surface area contributed by atoms with Crippen molar-refractivity contribution in [3.63, 3.8) is 0 Å². The van der Waals surface area contributed by atoms with Gasteiger partial charge in [0.1, 0.15) is 0 Å². The first-order valence-electron chi connectivity index (χ1n) is 8.94. The van der Waals surface area contributed by atoms with E-state index in [1.54, 1.807) is 6.08 Å². The van der Waals surface area contributed by atoms with Crippen molar-refractivity contribution in [2.75, 3.05) is 0 Å². The summed E-state index contributed by atoms with van der Waals surface area (Å²) < 4.78 is 0. The van der Waals surface area contributed by atoms with Gasteiger partial charge in [-0.2, -0.15) is 0 Å². The van der Waals surface area contributed by atoms with E-state index >= 15 is 0 Å². The van der Waals surface area contributed by atoms with E-state index < -0.39 is 5.97 Å². The van der Waals surface area contributed by atoms with Crippen LogP contribution in [0.15, 0.2) is 36.5 Å². The Labute approximate surface area is 137 Å².